The van der Waals surface area contributed by atoms with E-state index in [0.717, 1.165) is 19.6 Å². The number of rotatable bonds is 7. The molecule has 0 aliphatic carbocycles. The van der Waals surface area contributed by atoms with Gasteiger partial charge in [0, 0.05) is 52.4 Å². The number of hydrogen-bond donors (Lipinski definition) is 1. The highest BCUT2D eigenvalue weighted by Gasteiger charge is 2.15. The van der Waals surface area contributed by atoms with E-state index in [2.05, 4.69) is 40.0 Å². The quantitative estimate of drug-likeness (QED) is 0.472. The van der Waals surface area contributed by atoms with Crippen LogP contribution < -0.4 is 5.32 Å². The molecule has 1 aliphatic heterocycles. The third-order valence-corrected chi connectivity index (χ3v) is 3.16. The maximum atomic E-state index is 5.19. The first kappa shape index (κ1) is 14.5. The molecule has 0 bridgehead atoms. The van der Waals surface area contributed by atoms with Crippen molar-refractivity contribution in [3.8, 4) is 12.3 Å². The summed E-state index contributed by atoms with van der Waals surface area (Å²) < 4.78 is 0. The highest BCUT2D eigenvalue weighted by Crippen LogP contribution is 2.00. The van der Waals surface area contributed by atoms with E-state index < -0.39 is 0 Å². The Labute approximate surface area is 106 Å². The maximum absolute atomic E-state index is 5.19. The summed E-state index contributed by atoms with van der Waals surface area (Å²) in [7, 11) is 4.26. The number of nitrogens with one attached hydrogen (secondary N) is 1. The van der Waals surface area contributed by atoms with Gasteiger partial charge in [-0.2, -0.15) is 0 Å². The largest absolute Gasteiger partial charge is 0.308 e. The first-order valence-corrected chi connectivity index (χ1v) is 6.46. The van der Waals surface area contributed by atoms with Crippen molar-refractivity contribution in [2.75, 3.05) is 73.0 Å². The summed E-state index contributed by atoms with van der Waals surface area (Å²) in [4.78, 5) is 7.30. The number of terminal acetylenes is 1. The van der Waals surface area contributed by atoms with Crippen molar-refractivity contribution in [2.24, 2.45) is 0 Å². The van der Waals surface area contributed by atoms with Gasteiger partial charge in [0.05, 0.1) is 6.54 Å². The molecule has 1 aliphatic rings. The topological polar surface area (TPSA) is 21.8 Å². The lowest BCUT2D eigenvalue weighted by atomic mass is 10.3. The predicted molar refractivity (Wildman–Crippen MR) is 73.1 cm³/mol. The van der Waals surface area contributed by atoms with Gasteiger partial charge < -0.3 is 10.2 Å². The van der Waals surface area contributed by atoms with Gasteiger partial charge >= 0.3 is 0 Å². The minimum absolute atomic E-state index is 0.683. The summed E-state index contributed by atoms with van der Waals surface area (Å²) in [6.45, 7) is 9.91. The SMILES string of the molecule is C#CCNCCN1CCN(CCN(C)C)CC1. The molecular weight excluding hydrogens is 212 g/mol. The van der Waals surface area contributed by atoms with Crippen LogP contribution in [0.15, 0.2) is 0 Å². The van der Waals surface area contributed by atoms with Crippen LogP contribution in [0.25, 0.3) is 0 Å². The summed E-state index contributed by atoms with van der Waals surface area (Å²) >= 11 is 0. The molecule has 0 aromatic heterocycles. The predicted octanol–water partition coefficient (Wildman–Crippen LogP) is -0.612. The number of hydrogen-bond acceptors (Lipinski definition) is 4. The van der Waals surface area contributed by atoms with Crippen LogP contribution in [0, 0.1) is 12.3 Å². The van der Waals surface area contributed by atoms with Crippen LogP contribution in [-0.4, -0.2) is 87.7 Å². The molecule has 4 nitrogen and oxygen atoms in total. The smallest absolute Gasteiger partial charge is 0.0574 e. The fourth-order valence-corrected chi connectivity index (χ4v) is 1.98. The molecule has 0 amide bonds. The van der Waals surface area contributed by atoms with E-state index in [1.165, 1.54) is 32.7 Å². The normalized spacial score (nSPS) is 18.5. The Balaban J connectivity index is 2.03. The Hall–Kier alpha value is -0.600. The Morgan fingerprint density at radius 2 is 1.71 bits per heavy atom. The lowest BCUT2D eigenvalue weighted by molar-refractivity contribution is 0.126. The van der Waals surface area contributed by atoms with Crippen LogP contribution in [0.5, 0.6) is 0 Å². The molecule has 1 fully saturated rings. The summed E-state index contributed by atoms with van der Waals surface area (Å²) in [5.41, 5.74) is 0. The van der Waals surface area contributed by atoms with Crippen LogP contribution in [0.3, 0.4) is 0 Å². The van der Waals surface area contributed by atoms with Crippen molar-refractivity contribution in [3.63, 3.8) is 0 Å². The Bertz CT molecular complexity index is 226. The van der Waals surface area contributed by atoms with Crippen molar-refractivity contribution in [2.45, 2.75) is 0 Å². The van der Waals surface area contributed by atoms with Crippen molar-refractivity contribution >= 4 is 0 Å². The van der Waals surface area contributed by atoms with Gasteiger partial charge in [-0.25, -0.2) is 0 Å². The standard InChI is InChI=1S/C13H26N4/c1-4-5-14-6-7-16-10-12-17(13-11-16)9-8-15(2)3/h1,14H,5-13H2,2-3H3. The van der Waals surface area contributed by atoms with E-state index >= 15 is 0 Å². The molecule has 0 aromatic rings. The lowest BCUT2D eigenvalue weighted by Crippen LogP contribution is -2.49. The molecule has 0 radical (unpaired) electrons. The molecular formula is C13H26N4. The zero-order valence-corrected chi connectivity index (χ0v) is 11.3. The van der Waals surface area contributed by atoms with Gasteiger partial charge in [0.25, 0.3) is 0 Å². The number of piperazine rings is 1. The van der Waals surface area contributed by atoms with Crippen LogP contribution in [0.2, 0.25) is 0 Å². The third kappa shape index (κ3) is 6.64. The van der Waals surface area contributed by atoms with Gasteiger partial charge in [-0.15, -0.1) is 6.42 Å². The number of likely N-dealkylation sites (N-methyl/N-ethyl adjacent to an activating group) is 1. The van der Waals surface area contributed by atoms with Gasteiger partial charge in [0.1, 0.15) is 0 Å². The van der Waals surface area contributed by atoms with E-state index in [9.17, 15) is 0 Å². The van der Waals surface area contributed by atoms with Gasteiger partial charge in [-0.1, -0.05) is 5.92 Å². The van der Waals surface area contributed by atoms with Crippen LogP contribution in [-0.2, 0) is 0 Å². The second-order valence-corrected chi connectivity index (χ2v) is 4.87. The fourth-order valence-electron chi connectivity index (χ4n) is 1.98. The first-order chi connectivity index (χ1) is 8.22. The first-order valence-electron chi connectivity index (χ1n) is 6.46. The average molecular weight is 238 g/mol. The van der Waals surface area contributed by atoms with E-state index in [1.54, 1.807) is 0 Å². The van der Waals surface area contributed by atoms with Crippen LogP contribution in [0.4, 0.5) is 0 Å². The Morgan fingerprint density at radius 1 is 1.12 bits per heavy atom. The molecule has 4 heteroatoms. The van der Waals surface area contributed by atoms with E-state index in [1.807, 2.05) is 0 Å². The molecule has 0 saturated carbocycles. The summed E-state index contributed by atoms with van der Waals surface area (Å²) in [5, 5.41) is 3.24. The van der Waals surface area contributed by atoms with E-state index in [4.69, 9.17) is 6.42 Å². The molecule has 0 spiro atoms. The van der Waals surface area contributed by atoms with Crippen LogP contribution in [0.1, 0.15) is 0 Å². The minimum atomic E-state index is 0.683. The summed E-state index contributed by atoms with van der Waals surface area (Å²) in [5.74, 6) is 2.60. The second-order valence-electron chi connectivity index (χ2n) is 4.87. The molecule has 0 aromatic carbocycles. The van der Waals surface area contributed by atoms with Gasteiger partial charge in [0.2, 0.25) is 0 Å². The van der Waals surface area contributed by atoms with Crippen molar-refractivity contribution in [1.29, 1.82) is 0 Å². The van der Waals surface area contributed by atoms with Crippen LogP contribution >= 0.6 is 0 Å². The molecule has 98 valence electrons. The molecule has 1 heterocycles. The average Bonchev–Trinajstić information content (AvgIpc) is 2.33. The van der Waals surface area contributed by atoms with E-state index in [-0.39, 0.29) is 0 Å². The van der Waals surface area contributed by atoms with Crippen molar-refractivity contribution in [1.82, 2.24) is 20.0 Å². The monoisotopic (exact) mass is 238 g/mol. The minimum Gasteiger partial charge on any atom is -0.308 e. The maximum Gasteiger partial charge on any atom is 0.0574 e. The van der Waals surface area contributed by atoms with Gasteiger partial charge in [-0.05, 0) is 14.1 Å². The highest BCUT2D eigenvalue weighted by molar-refractivity contribution is 4.86. The fraction of sp³-hybridized carbons (Fsp3) is 0.846. The molecule has 0 atom stereocenters. The molecule has 1 rings (SSSR count). The van der Waals surface area contributed by atoms with Gasteiger partial charge in [0.15, 0.2) is 0 Å². The van der Waals surface area contributed by atoms with Gasteiger partial charge in [-0.3, -0.25) is 9.80 Å². The molecule has 17 heavy (non-hydrogen) atoms. The highest BCUT2D eigenvalue weighted by atomic mass is 15.3. The zero-order valence-electron chi connectivity index (χ0n) is 11.3. The second kappa shape index (κ2) is 8.48. The summed E-state index contributed by atoms with van der Waals surface area (Å²) in [6.07, 6.45) is 5.19. The Kier molecular flexibility index (Phi) is 7.22. The summed E-state index contributed by atoms with van der Waals surface area (Å²) in [6, 6.07) is 0. The molecule has 0 unspecified atom stereocenters. The Morgan fingerprint density at radius 3 is 2.24 bits per heavy atom. The number of nitrogens with zero attached hydrogens (tertiary/aromatic N) is 3. The third-order valence-electron chi connectivity index (χ3n) is 3.16. The van der Waals surface area contributed by atoms with E-state index in [0.29, 0.717) is 6.54 Å². The van der Waals surface area contributed by atoms with Crippen molar-refractivity contribution in [3.05, 3.63) is 0 Å². The zero-order chi connectivity index (χ0) is 12.5. The lowest BCUT2D eigenvalue weighted by Gasteiger charge is -2.35. The molecule has 1 saturated heterocycles. The molecule has 1 N–H and O–H groups in total. The van der Waals surface area contributed by atoms with Crippen molar-refractivity contribution < 1.29 is 0 Å².